The number of nitrogen functional groups attached to an aromatic ring is 1. The third-order valence-corrected chi connectivity index (χ3v) is 4.64. The van der Waals surface area contributed by atoms with Crippen molar-refractivity contribution in [3.8, 4) is 0 Å². The van der Waals surface area contributed by atoms with Crippen LogP contribution in [0.15, 0.2) is 9.53 Å². The number of aliphatic hydroxyl groups excluding tert-OH is 1. The topological polar surface area (TPSA) is 138 Å². The second kappa shape index (κ2) is 5.23. The van der Waals surface area contributed by atoms with Gasteiger partial charge in [-0.25, -0.2) is 4.98 Å². The van der Waals surface area contributed by atoms with Crippen LogP contribution in [0.25, 0.3) is 11.2 Å². The van der Waals surface area contributed by atoms with Gasteiger partial charge in [0.25, 0.3) is 5.56 Å². The maximum Gasteiger partial charge on any atom is 0.280 e. The summed E-state index contributed by atoms with van der Waals surface area (Å²) in [5.74, 6) is -0.837. The Labute approximate surface area is 144 Å². The average molecular weight is 402 g/mol. The Balaban J connectivity index is 1.86. The van der Waals surface area contributed by atoms with Crippen molar-refractivity contribution >= 4 is 33.0 Å². The smallest absolute Gasteiger partial charge is 0.280 e. The number of ether oxygens (including phenoxy) is 3. The summed E-state index contributed by atoms with van der Waals surface area (Å²) in [4.78, 5) is 22.8. The average Bonchev–Trinajstić information content (AvgIpc) is 3.07. The number of nitrogens with two attached hydrogens (primary N) is 1. The standard InChI is InChI=1S/C13H16BrN5O5/c1-13(2)23-6-4(3-20)22-10(7(6)24-13)19-8-5(16-11(19)14)9(21)18-12(15)17-8/h4,6-7,10,20H,3H2,1-2H3,(H3,15,17,18,21)/t4-,6-,7?,10-/m1/s1. The number of halogens is 1. The largest absolute Gasteiger partial charge is 0.394 e. The second-order valence-corrected chi connectivity index (χ2v) is 6.90. The van der Waals surface area contributed by atoms with Gasteiger partial charge in [-0.15, -0.1) is 0 Å². The minimum absolute atomic E-state index is 0.0293. The summed E-state index contributed by atoms with van der Waals surface area (Å²) in [6, 6.07) is 0. The van der Waals surface area contributed by atoms with Crippen LogP contribution in [-0.2, 0) is 14.2 Å². The fourth-order valence-electron chi connectivity index (χ4n) is 3.21. The summed E-state index contributed by atoms with van der Waals surface area (Å²) in [6.07, 6.45) is -2.18. The third kappa shape index (κ3) is 2.27. The summed E-state index contributed by atoms with van der Waals surface area (Å²) in [6.45, 7) is 3.36. The molecule has 2 aliphatic rings. The highest BCUT2D eigenvalue weighted by Gasteiger charge is 2.56. The van der Waals surface area contributed by atoms with Gasteiger partial charge < -0.3 is 25.1 Å². The SMILES string of the molecule is CC1(C)OC2[C@H](n3c(Br)nc4c(=O)[nH]c(N)nc43)O[C@H](CO)[C@H]2O1. The van der Waals surface area contributed by atoms with E-state index in [9.17, 15) is 9.90 Å². The van der Waals surface area contributed by atoms with Gasteiger partial charge in [-0.05, 0) is 29.8 Å². The molecule has 4 atom stereocenters. The van der Waals surface area contributed by atoms with Crippen LogP contribution in [0.5, 0.6) is 0 Å². The number of nitrogens with one attached hydrogen (secondary N) is 1. The summed E-state index contributed by atoms with van der Waals surface area (Å²) in [5.41, 5.74) is 5.58. The van der Waals surface area contributed by atoms with Crippen LogP contribution in [0, 0.1) is 0 Å². The maximum atomic E-state index is 12.0. The van der Waals surface area contributed by atoms with E-state index in [1.54, 1.807) is 18.4 Å². The van der Waals surface area contributed by atoms with Gasteiger partial charge in [0.1, 0.15) is 18.3 Å². The Morgan fingerprint density at radius 1 is 1.38 bits per heavy atom. The molecule has 2 fully saturated rings. The Hall–Kier alpha value is -1.53. The van der Waals surface area contributed by atoms with E-state index in [1.165, 1.54) is 0 Å². The first-order valence-electron chi connectivity index (χ1n) is 7.36. The molecule has 2 aromatic heterocycles. The zero-order chi connectivity index (χ0) is 17.2. The molecular weight excluding hydrogens is 386 g/mol. The van der Waals surface area contributed by atoms with Crippen molar-refractivity contribution in [2.24, 2.45) is 0 Å². The Kier molecular flexibility index (Phi) is 3.48. The number of hydrogen-bond donors (Lipinski definition) is 3. The molecule has 24 heavy (non-hydrogen) atoms. The number of nitrogens with zero attached hydrogens (tertiary/aromatic N) is 3. The zero-order valence-electron chi connectivity index (χ0n) is 12.9. The van der Waals surface area contributed by atoms with Crippen LogP contribution in [0.4, 0.5) is 5.95 Å². The monoisotopic (exact) mass is 401 g/mol. The lowest BCUT2D eigenvalue weighted by Gasteiger charge is -2.24. The highest BCUT2D eigenvalue weighted by Crippen LogP contribution is 2.44. The summed E-state index contributed by atoms with van der Waals surface area (Å²) >= 11 is 3.33. The number of fused-ring (bicyclic) bond motifs is 2. The molecule has 4 N–H and O–H groups in total. The molecule has 11 heteroatoms. The number of aromatic amines is 1. The highest BCUT2D eigenvalue weighted by atomic mass is 79.9. The number of imidazole rings is 1. The van der Waals surface area contributed by atoms with E-state index in [2.05, 4.69) is 30.9 Å². The van der Waals surface area contributed by atoms with Crippen LogP contribution >= 0.6 is 15.9 Å². The van der Waals surface area contributed by atoms with E-state index < -0.39 is 35.9 Å². The normalized spacial score (nSPS) is 31.7. The van der Waals surface area contributed by atoms with Gasteiger partial charge in [-0.3, -0.25) is 14.3 Å². The van der Waals surface area contributed by atoms with Crippen LogP contribution in [0.3, 0.4) is 0 Å². The van der Waals surface area contributed by atoms with Gasteiger partial charge in [0.15, 0.2) is 27.9 Å². The van der Waals surface area contributed by atoms with Crippen molar-refractivity contribution in [1.82, 2.24) is 19.5 Å². The van der Waals surface area contributed by atoms with Crippen molar-refractivity contribution in [2.45, 2.75) is 44.2 Å². The Bertz CT molecular complexity index is 864. The first kappa shape index (κ1) is 16.0. The zero-order valence-corrected chi connectivity index (χ0v) is 14.5. The Morgan fingerprint density at radius 2 is 2.08 bits per heavy atom. The van der Waals surface area contributed by atoms with Crippen molar-refractivity contribution in [3.05, 3.63) is 15.1 Å². The molecule has 4 heterocycles. The van der Waals surface area contributed by atoms with Gasteiger partial charge in [0.2, 0.25) is 5.95 Å². The lowest BCUT2D eigenvalue weighted by molar-refractivity contribution is -0.200. The molecule has 10 nitrogen and oxygen atoms in total. The summed E-state index contributed by atoms with van der Waals surface area (Å²) < 4.78 is 19.6. The summed E-state index contributed by atoms with van der Waals surface area (Å²) in [7, 11) is 0. The van der Waals surface area contributed by atoms with Crippen molar-refractivity contribution in [3.63, 3.8) is 0 Å². The van der Waals surface area contributed by atoms with E-state index in [1.807, 2.05) is 0 Å². The van der Waals surface area contributed by atoms with Gasteiger partial charge in [-0.1, -0.05) is 0 Å². The van der Waals surface area contributed by atoms with Crippen LogP contribution in [-0.4, -0.2) is 55.3 Å². The minimum Gasteiger partial charge on any atom is -0.394 e. The quantitative estimate of drug-likeness (QED) is 0.591. The predicted molar refractivity (Wildman–Crippen MR) is 85.1 cm³/mol. The molecule has 0 aliphatic carbocycles. The van der Waals surface area contributed by atoms with Crippen LogP contribution in [0.2, 0.25) is 0 Å². The number of rotatable bonds is 2. The van der Waals surface area contributed by atoms with Crippen molar-refractivity contribution in [2.75, 3.05) is 12.3 Å². The van der Waals surface area contributed by atoms with E-state index in [0.717, 1.165) is 0 Å². The number of anilines is 1. The molecule has 0 radical (unpaired) electrons. The second-order valence-electron chi connectivity index (χ2n) is 6.19. The highest BCUT2D eigenvalue weighted by molar-refractivity contribution is 9.10. The fraction of sp³-hybridized carbons (Fsp3) is 0.615. The van der Waals surface area contributed by atoms with E-state index in [0.29, 0.717) is 4.73 Å². The lowest BCUT2D eigenvalue weighted by Crippen LogP contribution is -2.31. The first-order valence-corrected chi connectivity index (χ1v) is 8.15. The predicted octanol–water partition coefficient (Wildman–Crippen LogP) is -0.126. The van der Waals surface area contributed by atoms with E-state index in [-0.39, 0.29) is 23.7 Å². The fourth-order valence-corrected chi connectivity index (χ4v) is 3.76. The minimum atomic E-state index is -0.808. The van der Waals surface area contributed by atoms with Gasteiger partial charge in [-0.2, -0.15) is 4.98 Å². The molecular formula is C13H16BrN5O5. The van der Waals surface area contributed by atoms with Gasteiger partial charge in [0, 0.05) is 0 Å². The molecule has 0 spiro atoms. The molecule has 4 rings (SSSR count). The van der Waals surface area contributed by atoms with Crippen molar-refractivity contribution in [1.29, 1.82) is 0 Å². The van der Waals surface area contributed by atoms with E-state index >= 15 is 0 Å². The van der Waals surface area contributed by atoms with E-state index in [4.69, 9.17) is 19.9 Å². The molecule has 130 valence electrons. The number of H-pyrrole nitrogens is 1. The molecule has 2 aromatic rings. The molecule has 0 saturated carbocycles. The molecule has 0 amide bonds. The van der Waals surface area contributed by atoms with Crippen LogP contribution < -0.4 is 11.3 Å². The molecule has 2 aliphatic heterocycles. The first-order chi connectivity index (χ1) is 11.3. The number of aliphatic hydroxyl groups is 1. The lowest BCUT2D eigenvalue weighted by atomic mass is 10.1. The number of aromatic nitrogens is 4. The van der Waals surface area contributed by atoms with Gasteiger partial charge >= 0.3 is 0 Å². The molecule has 1 unspecified atom stereocenters. The maximum absolute atomic E-state index is 12.0. The van der Waals surface area contributed by atoms with Crippen molar-refractivity contribution < 1.29 is 19.3 Å². The Morgan fingerprint density at radius 3 is 2.79 bits per heavy atom. The third-order valence-electron chi connectivity index (χ3n) is 4.09. The van der Waals surface area contributed by atoms with Crippen LogP contribution in [0.1, 0.15) is 20.1 Å². The molecule has 0 bridgehead atoms. The molecule has 0 aromatic carbocycles. The number of hydrogen-bond acceptors (Lipinski definition) is 8. The van der Waals surface area contributed by atoms with Gasteiger partial charge in [0.05, 0.1) is 6.61 Å². The summed E-state index contributed by atoms with van der Waals surface area (Å²) in [5, 5.41) is 9.58. The molecule has 2 saturated heterocycles.